The molecule has 3 nitrogen and oxygen atoms in total. The average Bonchev–Trinajstić information content (AvgIpc) is 2.61. The predicted molar refractivity (Wildman–Crippen MR) is 64.4 cm³/mol. The van der Waals surface area contributed by atoms with Crippen LogP contribution in [0, 0.1) is 6.92 Å². The van der Waals surface area contributed by atoms with E-state index >= 15 is 0 Å². The number of hydrogen-bond donors (Lipinski definition) is 1. The minimum absolute atomic E-state index is 0.232. The van der Waals surface area contributed by atoms with Crippen molar-refractivity contribution in [3.8, 4) is 17.0 Å². The predicted octanol–water partition coefficient (Wildman–Crippen LogP) is 3.15. The molecule has 1 aromatic carbocycles. The first-order valence-corrected chi connectivity index (χ1v) is 5.43. The van der Waals surface area contributed by atoms with Gasteiger partial charge in [0, 0.05) is 11.6 Å². The van der Waals surface area contributed by atoms with Gasteiger partial charge in [-0.2, -0.15) is 5.10 Å². The third kappa shape index (κ3) is 1.69. The van der Waals surface area contributed by atoms with Crippen LogP contribution >= 0.6 is 0 Å². The molecule has 16 heavy (non-hydrogen) atoms. The molecule has 0 aliphatic carbocycles. The van der Waals surface area contributed by atoms with Crippen LogP contribution < -0.4 is 0 Å². The van der Waals surface area contributed by atoms with Crippen LogP contribution in [0.5, 0.6) is 5.75 Å². The van der Waals surface area contributed by atoms with E-state index in [1.54, 1.807) is 0 Å². The van der Waals surface area contributed by atoms with Crippen molar-refractivity contribution in [2.24, 2.45) is 0 Å². The Labute approximate surface area is 95.3 Å². The minimum atomic E-state index is 0.232. The zero-order chi connectivity index (χ0) is 11.7. The van der Waals surface area contributed by atoms with Gasteiger partial charge in [-0.15, -0.1) is 0 Å². The molecule has 2 rings (SSSR count). The molecule has 3 heteroatoms. The molecule has 1 heterocycles. The maximum Gasteiger partial charge on any atom is 0.161 e. The molecule has 84 valence electrons. The van der Waals surface area contributed by atoms with Crippen LogP contribution in [-0.2, 0) is 0 Å². The summed E-state index contributed by atoms with van der Waals surface area (Å²) in [5.41, 5.74) is 2.97. The van der Waals surface area contributed by atoms with Crippen LogP contribution in [0.1, 0.15) is 25.5 Å². The first-order valence-electron chi connectivity index (χ1n) is 5.43. The van der Waals surface area contributed by atoms with Gasteiger partial charge in [0.05, 0.1) is 6.20 Å². The first-order chi connectivity index (χ1) is 7.61. The Morgan fingerprint density at radius 2 is 1.94 bits per heavy atom. The first kappa shape index (κ1) is 10.7. The molecule has 0 aliphatic heterocycles. The molecule has 1 aromatic heterocycles. The highest BCUT2D eigenvalue weighted by molar-refractivity contribution is 5.69. The van der Waals surface area contributed by atoms with Crippen LogP contribution in [0.2, 0.25) is 0 Å². The van der Waals surface area contributed by atoms with Crippen LogP contribution in [-0.4, -0.2) is 14.9 Å². The van der Waals surface area contributed by atoms with Gasteiger partial charge >= 0.3 is 0 Å². The molecular weight excluding hydrogens is 200 g/mol. The fourth-order valence-electron chi connectivity index (χ4n) is 1.84. The smallest absolute Gasteiger partial charge is 0.161 e. The summed E-state index contributed by atoms with van der Waals surface area (Å²) in [4.78, 5) is 0. The van der Waals surface area contributed by atoms with Crippen LogP contribution in [0.25, 0.3) is 11.3 Å². The Morgan fingerprint density at radius 1 is 1.25 bits per heavy atom. The standard InChI is InChI=1S/C13H16N2O/c1-9(2)15-13(12(16)8-14-15)11-7-5-4-6-10(11)3/h4-9,16H,1-3H3. The second-order valence-corrected chi connectivity index (χ2v) is 4.23. The SMILES string of the molecule is Cc1ccccc1-c1c(O)cnn1C(C)C. The highest BCUT2D eigenvalue weighted by Crippen LogP contribution is 2.32. The number of aryl methyl sites for hydroxylation is 1. The monoisotopic (exact) mass is 216 g/mol. The van der Waals surface area contributed by atoms with Crippen LogP contribution in [0.4, 0.5) is 0 Å². The summed E-state index contributed by atoms with van der Waals surface area (Å²) in [5.74, 6) is 0.239. The zero-order valence-electron chi connectivity index (χ0n) is 9.81. The number of nitrogens with zero attached hydrogens (tertiary/aromatic N) is 2. The van der Waals surface area contributed by atoms with Crippen molar-refractivity contribution >= 4 is 0 Å². The van der Waals surface area contributed by atoms with E-state index in [1.807, 2.05) is 49.7 Å². The van der Waals surface area contributed by atoms with Crippen molar-refractivity contribution in [2.45, 2.75) is 26.8 Å². The molecule has 0 bridgehead atoms. The van der Waals surface area contributed by atoms with Crippen molar-refractivity contribution in [2.75, 3.05) is 0 Å². The lowest BCUT2D eigenvalue weighted by atomic mass is 10.1. The van der Waals surface area contributed by atoms with Gasteiger partial charge in [-0.3, -0.25) is 4.68 Å². The highest BCUT2D eigenvalue weighted by Gasteiger charge is 2.15. The van der Waals surface area contributed by atoms with Gasteiger partial charge in [-0.1, -0.05) is 24.3 Å². The van der Waals surface area contributed by atoms with E-state index in [1.165, 1.54) is 6.20 Å². The minimum Gasteiger partial charge on any atom is -0.504 e. The zero-order valence-corrected chi connectivity index (χ0v) is 9.81. The molecule has 0 fully saturated rings. The fourth-order valence-corrected chi connectivity index (χ4v) is 1.84. The topological polar surface area (TPSA) is 38.1 Å². The molecule has 2 aromatic rings. The quantitative estimate of drug-likeness (QED) is 0.837. The van der Waals surface area contributed by atoms with E-state index < -0.39 is 0 Å². The van der Waals surface area contributed by atoms with Crippen molar-refractivity contribution in [3.05, 3.63) is 36.0 Å². The number of rotatable bonds is 2. The maximum atomic E-state index is 9.87. The summed E-state index contributed by atoms with van der Waals surface area (Å²) in [6.07, 6.45) is 1.50. The molecule has 0 amide bonds. The maximum absolute atomic E-state index is 9.87. The van der Waals surface area contributed by atoms with Crippen molar-refractivity contribution in [1.29, 1.82) is 0 Å². The van der Waals surface area contributed by atoms with E-state index in [-0.39, 0.29) is 11.8 Å². The normalized spacial score (nSPS) is 11.0. The largest absolute Gasteiger partial charge is 0.504 e. The van der Waals surface area contributed by atoms with Gasteiger partial charge in [0.25, 0.3) is 0 Å². The second kappa shape index (κ2) is 4.00. The van der Waals surface area contributed by atoms with Crippen LogP contribution in [0.15, 0.2) is 30.5 Å². The van der Waals surface area contributed by atoms with Crippen molar-refractivity contribution < 1.29 is 5.11 Å². The van der Waals surface area contributed by atoms with E-state index in [2.05, 4.69) is 5.10 Å². The molecule has 0 atom stereocenters. The summed E-state index contributed by atoms with van der Waals surface area (Å²) < 4.78 is 1.84. The number of aromatic nitrogens is 2. The van der Waals surface area contributed by atoms with Crippen LogP contribution in [0.3, 0.4) is 0 Å². The molecule has 0 radical (unpaired) electrons. The lowest BCUT2D eigenvalue weighted by Gasteiger charge is -2.12. The summed E-state index contributed by atoms with van der Waals surface area (Å²) >= 11 is 0. The van der Waals surface area contributed by atoms with E-state index in [0.717, 1.165) is 16.8 Å². The van der Waals surface area contributed by atoms with E-state index in [4.69, 9.17) is 0 Å². The summed E-state index contributed by atoms with van der Waals surface area (Å²) in [6.45, 7) is 6.13. The molecule has 0 aliphatic rings. The second-order valence-electron chi connectivity index (χ2n) is 4.23. The third-order valence-electron chi connectivity index (χ3n) is 2.67. The Kier molecular flexibility index (Phi) is 2.69. The highest BCUT2D eigenvalue weighted by atomic mass is 16.3. The summed E-state index contributed by atoms with van der Waals surface area (Å²) in [6, 6.07) is 8.23. The Balaban J connectivity index is 2.64. The lowest BCUT2D eigenvalue weighted by Crippen LogP contribution is -2.05. The number of benzene rings is 1. The van der Waals surface area contributed by atoms with Gasteiger partial charge in [0.2, 0.25) is 0 Å². The van der Waals surface area contributed by atoms with Crippen molar-refractivity contribution in [1.82, 2.24) is 9.78 Å². The van der Waals surface area contributed by atoms with E-state index in [9.17, 15) is 5.11 Å². The Morgan fingerprint density at radius 3 is 2.56 bits per heavy atom. The molecule has 0 unspecified atom stereocenters. The lowest BCUT2D eigenvalue weighted by molar-refractivity contribution is 0.473. The summed E-state index contributed by atoms with van der Waals surface area (Å²) in [7, 11) is 0. The van der Waals surface area contributed by atoms with Gasteiger partial charge in [-0.25, -0.2) is 0 Å². The molecule has 0 saturated carbocycles. The number of aromatic hydroxyl groups is 1. The van der Waals surface area contributed by atoms with Crippen molar-refractivity contribution in [3.63, 3.8) is 0 Å². The Hall–Kier alpha value is -1.77. The molecule has 0 spiro atoms. The Bertz CT molecular complexity index is 500. The molecule has 0 saturated heterocycles. The third-order valence-corrected chi connectivity index (χ3v) is 2.67. The summed E-state index contributed by atoms with van der Waals surface area (Å²) in [5, 5.41) is 14.1. The fraction of sp³-hybridized carbons (Fsp3) is 0.308. The van der Waals surface area contributed by atoms with E-state index in [0.29, 0.717) is 0 Å². The molecular formula is C13H16N2O. The van der Waals surface area contributed by atoms with Gasteiger partial charge in [0.1, 0.15) is 5.69 Å². The number of hydrogen-bond acceptors (Lipinski definition) is 2. The van der Waals surface area contributed by atoms with Gasteiger partial charge in [-0.05, 0) is 26.3 Å². The average molecular weight is 216 g/mol. The van der Waals surface area contributed by atoms with Gasteiger partial charge in [0.15, 0.2) is 5.75 Å². The molecule has 1 N–H and O–H groups in total. The van der Waals surface area contributed by atoms with Gasteiger partial charge < -0.3 is 5.11 Å².